The molecule has 182 valence electrons. The van der Waals surface area contributed by atoms with Gasteiger partial charge in [-0.15, -0.1) is 0 Å². The maximum Gasteiger partial charge on any atom is 0.338 e. The number of imidazole rings is 1. The molecule has 8 nitrogen and oxygen atoms in total. The molecule has 0 unspecified atom stereocenters. The molecular weight excluding hydrogens is 534 g/mol. The van der Waals surface area contributed by atoms with E-state index in [9.17, 15) is 23.4 Å². The number of hydrogen-bond donors (Lipinski definition) is 2. The second kappa shape index (κ2) is 8.83. The third-order valence-corrected chi connectivity index (χ3v) is 8.48. The predicted octanol–water partition coefficient (Wildman–Crippen LogP) is 4.81. The average molecular weight is 558 g/mol. The molecule has 0 atom stereocenters. The molecule has 10 heteroatoms. The Bertz CT molecular complexity index is 1550. The van der Waals surface area contributed by atoms with E-state index in [1.165, 1.54) is 0 Å². The molecule has 0 amide bonds. The summed E-state index contributed by atoms with van der Waals surface area (Å²) in [5.74, 6) is -1.17. The molecule has 1 saturated carbocycles. The van der Waals surface area contributed by atoms with Crippen molar-refractivity contribution in [3.05, 3.63) is 81.5 Å². The molecule has 0 aliphatic heterocycles. The van der Waals surface area contributed by atoms with Gasteiger partial charge in [0.05, 0.1) is 33.6 Å². The summed E-state index contributed by atoms with van der Waals surface area (Å²) in [4.78, 5) is 16.9. The topological polar surface area (TPSA) is 114 Å². The van der Waals surface area contributed by atoms with E-state index < -0.39 is 21.6 Å². The first-order chi connectivity index (χ1) is 16.7. The van der Waals surface area contributed by atoms with Gasteiger partial charge in [0, 0.05) is 35.1 Å². The van der Waals surface area contributed by atoms with Crippen molar-refractivity contribution in [2.75, 3.05) is 0 Å². The second-order valence-electron chi connectivity index (χ2n) is 8.93. The van der Waals surface area contributed by atoms with Gasteiger partial charge < -0.3 is 19.3 Å². The lowest BCUT2D eigenvalue weighted by Gasteiger charge is -2.13. The first-order valence-corrected chi connectivity index (χ1v) is 13.8. The highest BCUT2D eigenvalue weighted by Gasteiger charge is 2.35. The number of nitrogens with zero attached hydrogens (tertiary/aromatic N) is 3. The summed E-state index contributed by atoms with van der Waals surface area (Å²) in [6.45, 7) is 2.01. The zero-order valence-corrected chi connectivity index (χ0v) is 21.4. The SMILES string of the molecule is Cc1nccn1Cc1c(O)c(Br)cc2c1c(C(=O)O)c(CS(=O)(=O)Cc1ccccc1)n2C1CC1. The number of carbonyl (C=O) groups is 1. The smallest absolute Gasteiger partial charge is 0.338 e. The molecule has 1 aliphatic rings. The number of phenols is 1. The van der Waals surface area contributed by atoms with Gasteiger partial charge in [-0.25, -0.2) is 18.2 Å². The summed E-state index contributed by atoms with van der Waals surface area (Å²) < 4.78 is 30.6. The van der Waals surface area contributed by atoms with Crippen LogP contribution in [0.4, 0.5) is 0 Å². The Morgan fingerprint density at radius 2 is 1.91 bits per heavy atom. The monoisotopic (exact) mass is 557 g/mol. The number of fused-ring (bicyclic) bond motifs is 1. The van der Waals surface area contributed by atoms with Gasteiger partial charge in [0.2, 0.25) is 0 Å². The van der Waals surface area contributed by atoms with Gasteiger partial charge in [-0.3, -0.25) is 0 Å². The van der Waals surface area contributed by atoms with Gasteiger partial charge in [-0.1, -0.05) is 30.3 Å². The number of phenolic OH excluding ortho intramolecular Hbond substituents is 1. The van der Waals surface area contributed by atoms with Crippen molar-refractivity contribution in [3.63, 3.8) is 0 Å². The highest BCUT2D eigenvalue weighted by atomic mass is 79.9. The molecule has 0 spiro atoms. The zero-order valence-electron chi connectivity index (χ0n) is 19.0. The first kappa shape index (κ1) is 23.6. The quantitative estimate of drug-likeness (QED) is 0.321. The standard InChI is InChI=1S/C25H24BrN3O5S/c1-15-27-9-10-28(15)12-18-22-20(11-19(26)24(18)30)29(17-7-8-17)21(23(22)25(31)32)14-35(33,34)13-16-5-3-2-4-6-16/h2-6,9-11,17,30H,7-8,12-14H2,1H3,(H,31,32). The Morgan fingerprint density at radius 3 is 2.51 bits per heavy atom. The van der Waals surface area contributed by atoms with E-state index in [-0.39, 0.29) is 35.3 Å². The van der Waals surface area contributed by atoms with Gasteiger partial charge in [0.1, 0.15) is 11.6 Å². The fourth-order valence-corrected chi connectivity index (χ4v) is 6.62. The molecule has 2 aromatic carbocycles. The molecule has 2 N–H and O–H groups in total. The van der Waals surface area contributed by atoms with Gasteiger partial charge in [-0.2, -0.15) is 0 Å². The molecule has 2 aromatic heterocycles. The number of rotatable bonds is 8. The maximum atomic E-state index is 13.3. The lowest BCUT2D eigenvalue weighted by atomic mass is 10.0. The van der Waals surface area contributed by atoms with E-state index in [0.29, 0.717) is 32.3 Å². The van der Waals surface area contributed by atoms with Crippen molar-refractivity contribution in [3.8, 4) is 5.75 Å². The number of aromatic hydroxyl groups is 1. The molecule has 0 bridgehead atoms. The van der Waals surface area contributed by atoms with Gasteiger partial charge in [-0.05, 0) is 47.3 Å². The lowest BCUT2D eigenvalue weighted by molar-refractivity contribution is 0.0697. The summed E-state index contributed by atoms with van der Waals surface area (Å²) in [7, 11) is -3.68. The number of halogens is 1. The molecule has 0 radical (unpaired) electrons. The molecule has 1 fully saturated rings. The minimum atomic E-state index is -3.68. The van der Waals surface area contributed by atoms with Crippen LogP contribution in [0.1, 0.15) is 51.9 Å². The number of carboxylic acids is 1. The fraction of sp³-hybridized carbons (Fsp3) is 0.280. The molecule has 1 aliphatic carbocycles. The van der Waals surface area contributed by atoms with Crippen LogP contribution in [0.3, 0.4) is 0 Å². The zero-order chi connectivity index (χ0) is 24.9. The van der Waals surface area contributed by atoms with Crippen LogP contribution in [0.2, 0.25) is 0 Å². The lowest BCUT2D eigenvalue weighted by Crippen LogP contribution is -2.14. The van der Waals surface area contributed by atoms with Crippen LogP contribution < -0.4 is 0 Å². The predicted molar refractivity (Wildman–Crippen MR) is 135 cm³/mol. The Morgan fingerprint density at radius 1 is 1.20 bits per heavy atom. The van der Waals surface area contributed by atoms with Crippen LogP contribution in [-0.4, -0.2) is 38.7 Å². The summed E-state index contributed by atoms with van der Waals surface area (Å²) in [6, 6.07) is 10.6. The summed E-state index contributed by atoms with van der Waals surface area (Å²) in [6.07, 6.45) is 5.06. The summed E-state index contributed by atoms with van der Waals surface area (Å²) in [5.41, 5.74) is 1.85. The van der Waals surface area contributed by atoms with E-state index in [1.54, 1.807) is 42.7 Å². The minimum absolute atomic E-state index is 0.0202. The Hall–Kier alpha value is -3.11. The van der Waals surface area contributed by atoms with Crippen molar-refractivity contribution in [2.24, 2.45) is 0 Å². The average Bonchev–Trinajstić information content (AvgIpc) is 3.47. The van der Waals surface area contributed by atoms with Crippen LogP contribution in [-0.2, 0) is 27.9 Å². The minimum Gasteiger partial charge on any atom is -0.506 e. The first-order valence-electron chi connectivity index (χ1n) is 11.2. The number of aryl methyl sites for hydroxylation is 1. The van der Waals surface area contributed by atoms with E-state index in [4.69, 9.17) is 0 Å². The molecule has 4 aromatic rings. The third-order valence-electron chi connectivity index (χ3n) is 6.39. The van der Waals surface area contributed by atoms with E-state index in [1.807, 2.05) is 22.1 Å². The summed E-state index contributed by atoms with van der Waals surface area (Å²) >= 11 is 3.42. The van der Waals surface area contributed by atoms with Crippen molar-refractivity contribution >= 4 is 42.6 Å². The van der Waals surface area contributed by atoms with E-state index >= 15 is 0 Å². The fourth-order valence-electron chi connectivity index (χ4n) is 4.66. The Balaban J connectivity index is 1.73. The van der Waals surface area contributed by atoms with Crippen LogP contribution in [0, 0.1) is 6.92 Å². The van der Waals surface area contributed by atoms with Crippen LogP contribution in [0.25, 0.3) is 10.9 Å². The Kier molecular flexibility index (Phi) is 5.96. The van der Waals surface area contributed by atoms with Crippen molar-refractivity contribution in [1.29, 1.82) is 0 Å². The van der Waals surface area contributed by atoms with Gasteiger partial charge in [0.15, 0.2) is 9.84 Å². The third kappa shape index (κ3) is 4.48. The Labute approximate surface area is 210 Å². The highest BCUT2D eigenvalue weighted by molar-refractivity contribution is 9.10. The van der Waals surface area contributed by atoms with E-state index in [2.05, 4.69) is 20.9 Å². The number of hydrogen-bond acceptors (Lipinski definition) is 5. The highest BCUT2D eigenvalue weighted by Crippen LogP contribution is 2.46. The number of sulfone groups is 1. The van der Waals surface area contributed by atoms with Gasteiger partial charge >= 0.3 is 5.97 Å². The summed E-state index contributed by atoms with van der Waals surface area (Å²) in [5, 5.41) is 21.6. The largest absolute Gasteiger partial charge is 0.506 e. The molecule has 2 heterocycles. The number of benzene rings is 2. The maximum absolute atomic E-state index is 13.3. The molecule has 0 saturated heterocycles. The second-order valence-corrected chi connectivity index (χ2v) is 11.8. The van der Waals surface area contributed by atoms with Crippen LogP contribution >= 0.6 is 15.9 Å². The number of aromatic nitrogens is 3. The number of carboxylic acid groups (broad SMARTS) is 1. The molecule has 5 rings (SSSR count). The van der Waals surface area contributed by atoms with Crippen molar-refractivity contribution < 1.29 is 23.4 Å². The molecular formula is C25H24BrN3O5S. The van der Waals surface area contributed by atoms with Crippen LogP contribution in [0.15, 0.2) is 53.3 Å². The van der Waals surface area contributed by atoms with E-state index in [0.717, 1.165) is 12.8 Å². The molecule has 35 heavy (non-hydrogen) atoms. The van der Waals surface area contributed by atoms with Crippen molar-refractivity contribution in [2.45, 2.75) is 43.9 Å². The normalized spacial score (nSPS) is 14.0. The number of aromatic carboxylic acids is 1. The van der Waals surface area contributed by atoms with Crippen molar-refractivity contribution in [1.82, 2.24) is 14.1 Å². The van der Waals surface area contributed by atoms with Crippen LogP contribution in [0.5, 0.6) is 5.75 Å². The van der Waals surface area contributed by atoms with Gasteiger partial charge in [0.25, 0.3) is 0 Å².